The van der Waals surface area contributed by atoms with Crippen LogP contribution in [0.25, 0.3) is 0 Å². The third-order valence-corrected chi connectivity index (χ3v) is 4.70. The van der Waals surface area contributed by atoms with Gasteiger partial charge in [-0.3, -0.25) is 0 Å². The maximum atomic E-state index is 12.5. The van der Waals surface area contributed by atoms with Crippen LogP contribution in [0.1, 0.15) is 61.3 Å². The largest absolute Gasteiger partial charge is 0.486 e. The van der Waals surface area contributed by atoms with Crippen molar-refractivity contribution in [1.29, 1.82) is 0 Å². The number of hydrogen-bond donors (Lipinski definition) is 1. The van der Waals surface area contributed by atoms with Crippen LogP contribution in [0.3, 0.4) is 0 Å². The van der Waals surface area contributed by atoms with Crippen LogP contribution in [-0.2, 0) is 14.3 Å². The van der Waals surface area contributed by atoms with Crippen molar-refractivity contribution in [2.75, 3.05) is 0 Å². The smallest absolute Gasteiger partial charge is 0.408 e. The first-order valence-corrected chi connectivity index (χ1v) is 10.5. The van der Waals surface area contributed by atoms with Crippen LogP contribution in [-0.4, -0.2) is 35.9 Å². The van der Waals surface area contributed by atoms with Gasteiger partial charge in [0.15, 0.2) is 0 Å². The summed E-state index contributed by atoms with van der Waals surface area (Å²) in [5.41, 5.74) is -0.645. The third-order valence-electron chi connectivity index (χ3n) is 4.45. The van der Waals surface area contributed by atoms with E-state index in [1.807, 2.05) is 0 Å². The van der Waals surface area contributed by atoms with E-state index in [0.29, 0.717) is 10.8 Å². The first kappa shape index (κ1) is 25.1. The van der Waals surface area contributed by atoms with Crippen LogP contribution in [0.15, 0.2) is 24.3 Å². The van der Waals surface area contributed by atoms with Crippen molar-refractivity contribution in [3.63, 3.8) is 0 Å². The van der Waals surface area contributed by atoms with E-state index in [9.17, 15) is 9.59 Å². The molecule has 1 rings (SSSR count). The molecule has 0 spiro atoms. The van der Waals surface area contributed by atoms with Crippen molar-refractivity contribution >= 4 is 23.7 Å². The van der Waals surface area contributed by atoms with Crippen molar-refractivity contribution in [3.05, 3.63) is 29.3 Å². The number of hydrogen-bond acceptors (Lipinski definition) is 5. The number of nitrogens with one attached hydrogen (secondary N) is 1. The number of ether oxygens (including phenoxy) is 3. The number of esters is 1. The highest BCUT2D eigenvalue weighted by Gasteiger charge is 2.31. The summed E-state index contributed by atoms with van der Waals surface area (Å²) in [6.07, 6.45) is 0.253. The number of carbonyl (C=O) groups is 2. The number of carbonyl (C=O) groups excluding carboxylic acids is 2. The van der Waals surface area contributed by atoms with Gasteiger partial charge < -0.3 is 19.5 Å². The first-order valence-electron chi connectivity index (χ1n) is 10.1. The topological polar surface area (TPSA) is 73.9 Å². The van der Waals surface area contributed by atoms with Crippen LogP contribution < -0.4 is 10.1 Å². The molecule has 0 aliphatic rings. The normalized spacial score (nSPS) is 14.7. The second-order valence-electron chi connectivity index (χ2n) is 8.12. The molecule has 0 aliphatic carbocycles. The maximum absolute atomic E-state index is 12.5. The Hall–Kier alpha value is -1.95. The van der Waals surface area contributed by atoms with Crippen LogP contribution in [0.2, 0.25) is 5.02 Å². The molecule has 1 amide bonds. The molecule has 29 heavy (non-hydrogen) atoms. The minimum absolute atomic E-state index is 0.197. The molecule has 164 valence electrons. The highest BCUT2D eigenvalue weighted by Crippen LogP contribution is 2.25. The summed E-state index contributed by atoms with van der Waals surface area (Å²) in [7, 11) is 0. The second kappa shape index (κ2) is 11.3. The molecular formula is C22H34ClNO5. The van der Waals surface area contributed by atoms with E-state index in [-0.39, 0.29) is 12.0 Å². The lowest BCUT2D eigenvalue weighted by Gasteiger charge is -2.31. The minimum Gasteiger partial charge on any atom is -0.486 e. The Bertz CT molecular complexity index is 652. The molecule has 1 aromatic rings. The summed E-state index contributed by atoms with van der Waals surface area (Å²) < 4.78 is 17.0. The molecule has 0 aromatic heterocycles. The molecule has 0 bridgehead atoms. The average molecular weight is 428 g/mol. The predicted molar refractivity (Wildman–Crippen MR) is 114 cm³/mol. The summed E-state index contributed by atoms with van der Waals surface area (Å²) in [4.78, 5) is 24.4. The lowest BCUT2D eigenvalue weighted by atomic mass is 9.93. The van der Waals surface area contributed by atoms with Gasteiger partial charge in [0.2, 0.25) is 0 Å². The second-order valence-corrected chi connectivity index (χ2v) is 8.56. The van der Waals surface area contributed by atoms with Crippen molar-refractivity contribution in [1.82, 2.24) is 5.32 Å². The summed E-state index contributed by atoms with van der Waals surface area (Å²) in [6, 6.07) is 6.25. The van der Waals surface area contributed by atoms with Gasteiger partial charge in [0.25, 0.3) is 0 Å². The van der Waals surface area contributed by atoms with Gasteiger partial charge in [0.05, 0.1) is 0 Å². The van der Waals surface area contributed by atoms with Crippen LogP contribution in [0.4, 0.5) is 4.79 Å². The molecule has 6 nitrogen and oxygen atoms in total. The van der Waals surface area contributed by atoms with Gasteiger partial charge in [-0.1, -0.05) is 25.4 Å². The quantitative estimate of drug-likeness (QED) is 0.536. The van der Waals surface area contributed by atoms with E-state index < -0.39 is 29.8 Å². The molecule has 7 heteroatoms. The van der Waals surface area contributed by atoms with E-state index in [2.05, 4.69) is 19.2 Å². The number of benzene rings is 1. The molecule has 0 unspecified atom stereocenters. The molecule has 1 aromatic carbocycles. The summed E-state index contributed by atoms with van der Waals surface area (Å²) in [6.45, 7) is 12.8. The van der Waals surface area contributed by atoms with Crippen LogP contribution in [0.5, 0.6) is 5.75 Å². The Morgan fingerprint density at radius 3 is 2.10 bits per heavy atom. The number of halogens is 1. The van der Waals surface area contributed by atoms with Gasteiger partial charge in [0.1, 0.15) is 29.6 Å². The lowest BCUT2D eigenvalue weighted by Crippen LogP contribution is -2.46. The molecule has 0 fully saturated rings. The van der Waals surface area contributed by atoms with Crippen molar-refractivity contribution < 1.29 is 23.8 Å². The van der Waals surface area contributed by atoms with Gasteiger partial charge in [-0.25, -0.2) is 9.59 Å². The fraction of sp³-hybridized carbons (Fsp3) is 0.636. The predicted octanol–water partition coefficient (Wildman–Crippen LogP) is 5.37. The zero-order valence-electron chi connectivity index (χ0n) is 18.5. The Balaban J connectivity index is 2.79. The van der Waals surface area contributed by atoms with Gasteiger partial charge in [-0.05, 0) is 77.6 Å². The van der Waals surface area contributed by atoms with Gasteiger partial charge in [-0.15, -0.1) is 0 Å². The fourth-order valence-corrected chi connectivity index (χ4v) is 3.02. The number of rotatable bonds is 9. The Labute approximate surface area is 179 Å². The molecule has 3 atom stereocenters. The molecule has 0 saturated heterocycles. The molecule has 0 saturated carbocycles. The lowest BCUT2D eigenvalue weighted by molar-refractivity contribution is -0.156. The zero-order valence-corrected chi connectivity index (χ0v) is 19.2. The van der Waals surface area contributed by atoms with E-state index >= 15 is 0 Å². The van der Waals surface area contributed by atoms with Crippen molar-refractivity contribution in [2.45, 2.75) is 85.2 Å². The van der Waals surface area contributed by atoms with Crippen molar-refractivity contribution in [3.8, 4) is 5.75 Å². The Morgan fingerprint density at radius 1 is 1.07 bits per heavy atom. The van der Waals surface area contributed by atoms with Crippen LogP contribution in [0, 0.1) is 5.92 Å². The van der Waals surface area contributed by atoms with Crippen LogP contribution >= 0.6 is 11.6 Å². The third kappa shape index (κ3) is 8.94. The van der Waals surface area contributed by atoms with E-state index in [0.717, 1.165) is 12.8 Å². The van der Waals surface area contributed by atoms with Crippen molar-refractivity contribution in [2.24, 2.45) is 5.92 Å². The molecule has 0 aliphatic heterocycles. The monoisotopic (exact) mass is 427 g/mol. The van der Waals surface area contributed by atoms with Gasteiger partial charge in [-0.2, -0.15) is 0 Å². The standard InChI is InChI=1S/C22H34ClNO5/c1-8-16(9-2)19(28-18-12-10-17(23)11-13-18)15(4)27-20(25)14(3)24-21(26)29-22(5,6)7/h10-16,19H,8-9H2,1-7H3,(H,24,26)/t14-,15-,19+/m0/s1. The van der Waals surface area contributed by atoms with E-state index in [1.54, 1.807) is 58.9 Å². The highest BCUT2D eigenvalue weighted by molar-refractivity contribution is 6.30. The molecular weight excluding hydrogens is 394 g/mol. The highest BCUT2D eigenvalue weighted by atomic mass is 35.5. The Morgan fingerprint density at radius 2 is 1.62 bits per heavy atom. The fourth-order valence-electron chi connectivity index (χ4n) is 2.89. The van der Waals surface area contributed by atoms with E-state index in [1.165, 1.54) is 0 Å². The minimum atomic E-state index is -0.842. The number of amides is 1. The first-order chi connectivity index (χ1) is 13.5. The molecule has 0 radical (unpaired) electrons. The average Bonchev–Trinajstić information content (AvgIpc) is 2.61. The molecule has 0 heterocycles. The van der Waals surface area contributed by atoms with E-state index in [4.69, 9.17) is 25.8 Å². The summed E-state index contributed by atoms with van der Waals surface area (Å²) in [5.74, 6) is 0.316. The summed E-state index contributed by atoms with van der Waals surface area (Å²) >= 11 is 5.94. The zero-order chi connectivity index (χ0) is 22.2. The molecule has 1 N–H and O–H groups in total. The number of alkyl carbamates (subject to hydrolysis) is 1. The maximum Gasteiger partial charge on any atom is 0.408 e. The Kier molecular flexibility index (Phi) is 9.77. The van der Waals surface area contributed by atoms with Gasteiger partial charge >= 0.3 is 12.1 Å². The SMILES string of the molecule is CCC(CC)[C@H](Oc1ccc(Cl)cc1)[C@H](C)OC(=O)[C@H](C)NC(=O)OC(C)(C)C. The van der Waals surface area contributed by atoms with Gasteiger partial charge in [0, 0.05) is 5.02 Å². The summed E-state index contributed by atoms with van der Waals surface area (Å²) in [5, 5.41) is 3.13.